The van der Waals surface area contributed by atoms with E-state index in [0.717, 1.165) is 29.7 Å². The molecule has 8 nitrogen and oxygen atoms in total. The molecule has 0 aliphatic carbocycles. The predicted octanol–water partition coefficient (Wildman–Crippen LogP) is 3.08. The van der Waals surface area contributed by atoms with Crippen molar-refractivity contribution in [3.63, 3.8) is 0 Å². The lowest BCUT2D eigenvalue weighted by atomic mass is 10.0. The second-order valence-electron chi connectivity index (χ2n) is 7.23. The molecule has 1 N–H and O–H groups in total. The quantitative estimate of drug-likeness (QED) is 0.672. The van der Waals surface area contributed by atoms with Gasteiger partial charge in [0.2, 0.25) is 27.6 Å². The van der Waals surface area contributed by atoms with Crippen molar-refractivity contribution >= 4 is 21.6 Å². The van der Waals surface area contributed by atoms with Crippen LogP contribution in [-0.4, -0.2) is 31.0 Å². The zero-order chi connectivity index (χ0) is 21.3. The first-order valence-electron chi connectivity index (χ1n) is 9.67. The molecule has 4 rings (SSSR count). The molecular weight excluding hydrogens is 404 g/mol. The number of nitrogens with one attached hydrogen (secondary N) is 1. The van der Waals surface area contributed by atoms with Gasteiger partial charge in [0.1, 0.15) is 0 Å². The predicted molar refractivity (Wildman–Crippen MR) is 111 cm³/mol. The summed E-state index contributed by atoms with van der Waals surface area (Å²) in [6.07, 6.45) is 1.52. The Morgan fingerprint density at radius 1 is 1.20 bits per heavy atom. The Bertz CT molecular complexity index is 1170. The van der Waals surface area contributed by atoms with E-state index in [4.69, 9.17) is 4.52 Å². The first-order chi connectivity index (χ1) is 14.3. The number of rotatable bonds is 5. The number of aryl methyl sites for hydroxylation is 1. The van der Waals surface area contributed by atoms with Crippen LogP contribution in [0, 0.1) is 0 Å². The lowest BCUT2D eigenvalue weighted by molar-refractivity contribution is -0.116. The average molecular weight is 426 g/mol. The summed E-state index contributed by atoms with van der Waals surface area (Å²) in [4.78, 5) is 17.9. The third kappa shape index (κ3) is 3.99. The Labute approximate surface area is 175 Å². The largest absolute Gasteiger partial charge is 0.337 e. The second-order valence-corrected chi connectivity index (χ2v) is 8.94. The van der Waals surface area contributed by atoms with Crippen molar-refractivity contribution in [3.8, 4) is 11.4 Å². The highest BCUT2D eigenvalue weighted by Gasteiger charge is 2.26. The molecule has 30 heavy (non-hydrogen) atoms. The number of aromatic nitrogens is 2. The van der Waals surface area contributed by atoms with Crippen molar-refractivity contribution < 1.29 is 17.7 Å². The smallest absolute Gasteiger partial charge is 0.244 e. The molecule has 0 unspecified atom stereocenters. The molecule has 0 radical (unpaired) electrons. The number of carbonyl (C=O) groups is 1. The fourth-order valence-electron chi connectivity index (χ4n) is 3.53. The molecule has 0 bridgehead atoms. The van der Waals surface area contributed by atoms with Crippen LogP contribution in [0.4, 0.5) is 5.69 Å². The maximum atomic E-state index is 12.9. The Hall–Kier alpha value is -3.04. The minimum Gasteiger partial charge on any atom is -0.337 e. The lowest BCUT2D eigenvalue weighted by Gasteiger charge is -2.29. The zero-order valence-electron chi connectivity index (χ0n) is 16.7. The van der Waals surface area contributed by atoms with Crippen LogP contribution in [0.5, 0.6) is 0 Å². The summed E-state index contributed by atoms with van der Waals surface area (Å²) in [5.41, 5.74) is 2.40. The molecular formula is C21H22N4O4S. The standard InChI is InChI=1S/C21H22N4O4S/c1-14(21-22-20(23-29-21)16-7-4-3-5-8-16)24-30(27,28)18-10-11-19-17(13-18)9-6-12-25(19)15(2)26/h3-5,7-8,10-11,13-14,24H,6,9,12H2,1-2H3/t14-/m0/s1. The van der Waals surface area contributed by atoms with E-state index in [-0.39, 0.29) is 16.7 Å². The molecule has 9 heteroatoms. The summed E-state index contributed by atoms with van der Waals surface area (Å²) in [6, 6.07) is 13.4. The van der Waals surface area contributed by atoms with Gasteiger partial charge < -0.3 is 9.42 Å². The van der Waals surface area contributed by atoms with E-state index in [1.165, 1.54) is 13.0 Å². The number of carbonyl (C=O) groups excluding carboxylic acids is 1. The van der Waals surface area contributed by atoms with Crippen molar-refractivity contribution in [2.45, 2.75) is 37.6 Å². The van der Waals surface area contributed by atoms with Crippen LogP contribution in [0.1, 0.15) is 37.8 Å². The number of nitrogens with zero attached hydrogens (tertiary/aromatic N) is 3. The van der Waals surface area contributed by atoms with Crippen molar-refractivity contribution in [2.75, 3.05) is 11.4 Å². The maximum absolute atomic E-state index is 12.9. The molecule has 0 saturated heterocycles. The number of hydrogen-bond acceptors (Lipinski definition) is 6. The van der Waals surface area contributed by atoms with Crippen molar-refractivity contribution in [2.24, 2.45) is 0 Å². The number of benzene rings is 2. The molecule has 0 fully saturated rings. The Kier molecular flexibility index (Phi) is 5.40. The zero-order valence-corrected chi connectivity index (χ0v) is 17.5. The molecule has 3 aromatic rings. The van der Waals surface area contributed by atoms with Gasteiger partial charge in [-0.05, 0) is 43.5 Å². The molecule has 1 aliphatic rings. The first-order valence-corrected chi connectivity index (χ1v) is 11.2. The summed E-state index contributed by atoms with van der Waals surface area (Å²) in [5, 5.41) is 3.93. The van der Waals surface area contributed by atoms with Gasteiger partial charge in [0, 0.05) is 24.7 Å². The second kappa shape index (κ2) is 8.00. The number of sulfonamides is 1. The van der Waals surface area contributed by atoms with Crippen molar-refractivity contribution in [3.05, 3.63) is 60.0 Å². The van der Waals surface area contributed by atoms with E-state index in [9.17, 15) is 13.2 Å². The lowest BCUT2D eigenvalue weighted by Crippen LogP contribution is -2.34. The van der Waals surface area contributed by atoms with Gasteiger partial charge in [-0.2, -0.15) is 9.71 Å². The summed E-state index contributed by atoms with van der Waals surface area (Å²) in [5.74, 6) is 0.525. The van der Waals surface area contributed by atoms with E-state index in [2.05, 4.69) is 14.9 Å². The van der Waals surface area contributed by atoms with E-state index in [1.807, 2.05) is 30.3 Å². The molecule has 2 heterocycles. The molecule has 1 amide bonds. The van der Waals surface area contributed by atoms with Crippen molar-refractivity contribution in [1.29, 1.82) is 0 Å². The molecule has 1 atom stereocenters. The van der Waals surface area contributed by atoms with Crippen LogP contribution >= 0.6 is 0 Å². The van der Waals surface area contributed by atoms with Gasteiger partial charge in [-0.25, -0.2) is 8.42 Å². The van der Waals surface area contributed by atoms with Crippen LogP contribution < -0.4 is 9.62 Å². The fraction of sp³-hybridized carbons (Fsp3) is 0.286. The number of amides is 1. The van der Waals surface area contributed by atoms with E-state index in [1.54, 1.807) is 24.0 Å². The highest BCUT2D eigenvalue weighted by Crippen LogP contribution is 2.30. The summed E-state index contributed by atoms with van der Waals surface area (Å²) >= 11 is 0. The van der Waals surface area contributed by atoms with Gasteiger partial charge in [-0.3, -0.25) is 4.79 Å². The van der Waals surface area contributed by atoms with E-state index >= 15 is 0 Å². The topological polar surface area (TPSA) is 105 Å². The monoisotopic (exact) mass is 426 g/mol. The third-order valence-electron chi connectivity index (χ3n) is 5.04. The number of hydrogen-bond donors (Lipinski definition) is 1. The Morgan fingerprint density at radius 2 is 1.97 bits per heavy atom. The van der Waals surface area contributed by atoms with Crippen LogP contribution in [0.25, 0.3) is 11.4 Å². The highest BCUT2D eigenvalue weighted by atomic mass is 32.2. The normalized spacial score (nSPS) is 14.9. The SMILES string of the molecule is CC(=O)N1CCCc2cc(S(=O)(=O)N[C@@H](C)c3nc(-c4ccccc4)no3)ccc21. The Balaban J connectivity index is 1.55. The summed E-state index contributed by atoms with van der Waals surface area (Å²) in [7, 11) is -3.82. The highest BCUT2D eigenvalue weighted by molar-refractivity contribution is 7.89. The first kappa shape index (κ1) is 20.2. The Morgan fingerprint density at radius 3 is 2.70 bits per heavy atom. The van der Waals surface area contributed by atoms with Gasteiger partial charge in [-0.1, -0.05) is 35.5 Å². The van der Waals surface area contributed by atoms with Gasteiger partial charge in [0.15, 0.2) is 0 Å². The van der Waals surface area contributed by atoms with Gasteiger partial charge in [-0.15, -0.1) is 0 Å². The third-order valence-corrected chi connectivity index (χ3v) is 6.57. The van der Waals surface area contributed by atoms with Crippen LogP contribution in [-0.2, 0) is 21.2 Å². The molecule has 156 valence electrons. The molecule has 2 aromatic carbocycles. The maximum Gasteiger partial charge on any atom is 0.244 e. The van der Waals surface area contributed by atoms with Crippen LogP contribution in [0.3, 0.4) is 0 Å². The molecule has 0 spiro atoms. The van der Waals surface area contributed by atoms with Gasteiger partial charge >= 0.3 is 0 Å². The van der Waals surface area contributed by atoms with E-state index < -0.39 is 16.1 Å². The van der Waals surface area contributed by atoms with E-state index in [0.29, 0.717) is 12.4 Å². The van der Waals surface area contributed by atoms with Crippen LogP contribution in [0.2, 0.25) is 0 Å². The van der Waals surface area contributed by atoms with Crippen molar-refractivity contribution in [1.82, 2.24) is 14.9 Å². The van der Waals surface area contributed by atoms with Gasteiger partial charge in [0.25, 0.3) is 0 Å². The molecule has 0 saturated carbocycles. The van der Waals surface area contributed by atoms with Gasteiger partial charge in [0.05, 0.1) is 10.9 Å². The molecule has 1 aromatic heterocycles. The summed E-state index contributed by atoms with van der Waals surface area (Å²) in [6.45, 7) is 3.80. The minimum atomic E-state index is -3.82. The number of fused-ring (bicyclic) bond motifs is 1. The number of anilines is 1. The van der Waals surface area contributed by atoms with Crippen LogP contribution in [0.15, 0.2) is 57.9 Å². The molecule has 1 aliphatic heterocycles. The minimum absolute atomic E-state index is 0.0519. The fourth-order valence-corrected chi connectivity index (χ4v) is 4.78. The average Bonchev–Trinajstić information content (AvgIpc) is 3.23. The summed E-state index contributed by atoms with van der Waals surface area (Å²) < 4.78 is 33.7.